The first-order valence-corrected chi connectivity index (χ1v) is 4.42. The molecule has 0 aromatic heterocycles. The van der Waals surface area contributed by atoms with Crippen LogP contribution in [0.2, 0.25) is 0 Å². The highest BCUT2D eigenvalue weighted by atomic mass is 16.2. The largest absolute Gasteiger partial charge is 0.354 e. The number of carbonyl (C=O) groups excluding carboxylic acids is 2. The summed E-state index contributed by atoms with van der Waals surface area (Å²) in [5, 5.41) is 5.32. The molecule has 4 heteroatoms. The summed E-state index contributed by atoms with van der Waals surface area (Å²) in [6, 6.07) is -0.322. The maximum absolute atomic E-state index is 11.3. The van der Waals surface area contributed by atoms with Crippen LogP contribution in [0, 0.1) is 0 Å². The smallest absolute Gasteiger partial charge is 0.242 e. The summed E-state index contributed by atoms with van der Waals surface area (Å²) in [5.41, 5.74) is 0. The number of rotatable bonds is 4. The molecule has 1 aliphatic heterocycles. The van der Waals surface area contributed by atoms with Gasteiger partial charge in [0.05, 0.1) is 0 Å². The summed E-state index contributed by atoms with van der Waals surface area (Å²) in [6.07, 6.45) is 3.57. The summed E-state index contributed by atoms with van der Waals surface area (Å²) in [6.45, 7) is 4.14. The second kappa shape index (κ2) is 4.64. The van der Waals surface area contributed by atoms with Crippen LogP contribution in [-0.4, -0.2) is 24.4 Å². The first kappa shape index (κ1) is 9.77. The van der Waals surface area contributed by atoms with E-state index in [-0.39, 0.29) is 17.9 Å². The van der Waals surface area contributed by atoms with Gasteiger partial charge in [-0.25, -0.2) is 0 Å². The molecule has 0 aliphatic carbocycles. The molecule has 1 saturated heterocycles. The fourth-order valence-electron chi connectivity index (χ4n) is 1.23. The van der Waals surface area contributed by atoms with Gasteiger partial charge in [-0.15, -0.1) is 6.58 Å². The van der Waals surface area contributed by atoms with E-state index in [0.29, 0.717) is 19.4 Å². The average molecular weight is 182 g/mol. The van der Waals surface area contributed by atoms with Crippen molar-refractivity contribution in [3.8, 4) is 0 Å². The molecule has 1 atom stereocenters. The lowest BCUT2D eigenvalue weighted by Gasteiger charge is -2.09. The van der Waals surface area contributed by atoms with E-state index >= 15 is 0 Å². The van der Waals surface area contributed by atoms with Gasteiger partial charge in [-0.1, -0.05) is 6.08 Å². The fraction of sp³-hybridized carbons (Fsp3) is 0.556. The monoisotopic (exact) mass is 182 g/mol. The topological polar surface area (TPSA) is 58.2 Å². The molecular formula is C9H14N2O2. The van der Waals surface area contributed by atoms with Crippen molar-refractivity contribution in [2.75, 3.05) is 6.54 Å². The number of nitrogens with one attached hydrogen (secondary N) is 2. The van der Waals surface area contributed by atoms with Crippen molar-refractivity contribution in [2.45, 2.75) is 25.3 Å². The van der Waals surface area contributed by atoms with E-state index in [1.807, 2.05) is 0 Å². The SMILES string of the molecule is C=CCCNC(=O)C1CCC(=O)N1. The molecule has 0 radical (unpaired) electrons. The molecule has 72 valence electrons. The van der Waals surface area contributed by atoms with Crippen molar-refractivity contribution in [3.05, 3.63) is 12.7 Å². The molecule has 4 nitrogen and oxygen atoms in total. The molecule has 0 bridgehead atoms. The van der Waals surface area contributed by atoms with E-state index in [0.717, 1.165) is 6.42 Å². The van der Waals surface area contributed by atoms with Gasteiger partial charge in [-0.05, 0) is 12.8 Å². The predicted octanol–water partition coefficient (Wildman–Crippen LogP) is -0.0427. The molecule has 1 unspecified atom stereocenters. The van der Waals surface area contributed by atoms with Crippen molar-refractivity contribution in [1.29, 1.82) is 0 Å². The third-order valence-corrected chi connectivity index (χ3v) is 1.96. The molecule has 0 aromatic carbocycles. The Morgan fingerprint density at radius 3 is 3.08 bits per heavy atom. The van der Waals surface area contributed by atoms with Gasteiger partial charge in [0.2, 0.25) is 11.8 Å². The minimum Gasteiger partial charge on any atom is -0.354 e. The van der Waals surface area contributed by atoms with Crippen LogP contribution in [0.15, 0.2) is 12.7 Å². The third kappa shape index (κ3) is 2.89. The minimum absolute atomic E-state index is 0.0381. The van der Waals surface area contributed by atoms with E-state index in [2.05, 4.69) is 17.2 Å². The van der Waals surface area contributed by atoms with Crippen molar-refractivity contribution < 1.29 is 9.59 Å². The van der Waals surface area contributed by atoms with Crippen LogP contribution >= 0.6 is 0 Å². The molecule has 2 N–H and O–H groups in total. The van der Waals surface area contributed by atoms with Crippen LogP contribution in [0.1, 0.15) is 19.3 Å². The van der Waals surface area contributed by atoms with Gasteiger partial charge in [0.1, 0.15) is 6.04 Å². The van der Waals surface area contributed by atoms with Gasteiger partial charge in [0.25, 0.3) is 0 Å². The summed E-state index contributed by atoms with van der Waals surface area (Å²) in [5.74, 6) is -0.128. The zero-order valence-electron chi connectivity index (χ0n) is 7.51. The third-order valence-electron chi connectivity index (χ3n) is 1.96. The molecule has 1 aliphatic rings. The van der Waals surface area contributed by atoms with E-state index in [4.69, 9.17) is 0 Å². The average Bonchev–Trinajstić information content (AvgIpc) is 2.52. The van der Waals surface area contributed by atoms with Crippen molar-refractivity contribution in [1.82, 2.24) is 10.6 Å². The Labute approximate surface area is 77.4 Å². The van der Waals surface area contributed by atoms with Crippen LogP contribution in [0.3, 0.4) is 0 Å². The lowest BCUT2D eigenvalue weighted by molar-refractivity contribution is -0.125. The molecule has 2 amide bonds. The molecule has 1 heterocycles. The molecule has 1 fully saturated rings. The highest BCUT2D eigenvalue weighted by Gasteiger charge is 2.26. The normalized spacial score (nSPS) is 20.9. The lowest BCUT2D eigenvalue weighted by Crippen LogP contribution is -2.41. The Morgan fingerprint density at radius 2 is 2.54 bits per heavy atom. The van der Waals surface area contributed by atoms with Crippen molar-refractivity contribution in [3.63, 3.8) is 0 Å². The second-order valence-electron chi connectivity index (χ2n) is 3.03. The van der Waals surface area contributed by atoms with Crippen LogP contribution in [0.4, 0.5) is 0 Å². The molecule has 13 heavy (non-hydrogen) atoms. The maximum Gasteiger partial charge on any atom is 0.242 e. The van der Waals surface area contributed by atoms with Gasteiger partial charge in [-0.2, -0.15) is 0 Å². The number of amides is 2. The summed E-state index contributed by atoms with van der Waals surface area (Å²) >= 11 is 0. The molecular weight excluding hydrogens is 168 g/mol. The maximum atomic E-state index is 11.3. The summed E-state index contributed by atoms with van der Waals surface area (Å²) < 4.78 is 0. The van der Waals surface area contributed by atoms with E-state index in [1.165, 1.54) is 0 Å². The quantitative estimate of drug-likeness (QED) is 0.473. The van der Waals surface area contributed by atoms with Gasteiger partial charge >= 0.3 is 0 Å². The second-order valence-corrected chi connectivity index (χ2v) is 3.03. The van der Waals surface area contributed by atoms with Crippen molar-refractivity contribution >= 4 is 11.8 Å². The van der Waals surface area contributed by atoms with Crippen LogP contribution in [0.5, 0.6) is 0 Å². The van der Waals surface area contributed by atoms with Crippen LogP contribution in [-0.2, 0) is 9.59 Å². The lowest BCUT2D eigenvalue weighted by atomic mass is 10.2. The first-order valence-electron chi connectivity index (χ1n) is 4.42. The van der Waals surface area contributed by atoms with E-state index in [9.17, 15) is 9.59 Å². The van der Waals surface area contributed by atoms with Gasteiger partial charge < -0.3 is 10.6 Å². The standard InChI is InChI=1S/C9H14N2O2/c1-2-3-6-10-9(13)7-4-5-8(12)11-7/h2,7H,1,3-6H2,(H,10,13)(H,11,12). The molecule has 0 saturated carbocycles. The summed E-state index contributed by atoms with van der Waals surface area (Å²) in [7, 11) is 0. The molecule has 0 spiro atoms. The number of carbonyl (C=O) groups is 2. The number of hydrogen-bond acceptors (Lipinski definition) is 2. The fourth-order valence-corrected chi connectivity index (χ4v) is 1.23. The van der Waals surface area contributed by atoms with Crippen LogP contribution < -0.4 is 10.6 Å². The zero-order valence-corrected chi connectivity index (χ0v) is 7.51. The number of hydrogen-bond donors (Lipinski definition) is 2. The highest BCUT2D eigenvalue weighted by molar-refractivity contribution is 5.90. The van der Waals surface area contributed by atoms with Crippen molar-refractivity contribution in [2.24, 2.45) is 0 Å². The predicted molar refractivity (Wildman–Crippen MR) is 49.0 cm³/mol. The zero-order chi connectivity index (χ0) is 9.68. The van der Waals surface area contributed by atoms with Gasteiger partial charge in [-0.3, -0.25) is 9.59 Å². The van der Waals surface area contributed by atoms with Gasteiger partial charge in [0.15, 0.2) is 0 Å². The van der Waals surface area contributed by atoms with Gasteiger partial charge in [0, 0.05) is 13.0 Å². The van der Waals surface area contributed by atoms with Crippen LogP contribution in [0.25, 0.3) is 0 Å². The molecule has 0 aromatic rings. The highest BCUT2D eigenvalue weighted by Crippen LogP contribution is 2.05. The minimum atomic E-state index is -0.322. The Hall–Kier alpha value is -1.32. The first-order chi connectivity index (χ1) is 6.24. The summed E-state index contributed by atoms with van der Waals surface area (Å²) in [4.78, 5) is 22.1. The Kier molecular flexibility index (Phi) is 3.49. The Bertz CT molecular complexity index is 226. The Morgan fingerprint density at radius 1 is 1.77 bits per heavy atom. The van der Waals surface area contributed by atoms with E-state index in [1.54, 1.807) is 6.08 Å². The van der Waals surface area contributed by atoms with E-state index < -0.39 is 0 Å². The molecule has 1 rings (SSSR count). The Balaban J connectivity index is 2.23.